The van der Waals surface area contributed by atoms with Gasteiger partial charge >= 0.3 is 7.60 Å². The van der Waals surface area contributed by atoms with E-state index in [-0.39, 0.29) is 12.1 Å². The van der Waals surface area contributed by atoms with Crippen LogP contribution < -0.4 is 0 Å². The third kappa shape index (κ3) is 4.23. The molecule has 0 saturated heterocycles. The van der Waals surface area contributed by atoms with Gasteiger partial charge in [-0.3, -0.25) is 18.8 Å². The van der Waals surface area contributed by atoms with Gasteiger partial charge in [0, 0.05) is 29.3 Å². The number of furan rings is 1. The Morgan fingerprint density at radius 3 is 2.45 bits per heavy atom. The molecule has 31 heavy (non-hydrogen) atoms. The summed E-state index contributed by atoms with van der Waals surface area (Å²) in [6.45, 7) is 4.47. The molecule has 1 aliphatic rings. The standard InChI is InChI=1S/C21H22ClN2O5PS/c1-3-27-30(26,28-4-2)11-5-10-23-20(25)17-13-19-16(24(17)21(23)31)12-18(29-19)14-6-8-15(22)9-7-14/h6-9,12-13H,3-5,10-11H2,1-2H3. The highest BCUT2D eigenvalue weighted by atomic mass is 35.5. The van der Waals surface area contributed by atoms with E-state index in [1.807, 2.05) is 18.2 Å². The van der Waals surface area contributed by atoms with Gasteiger partial charge in [0.15, 0.2) is 10.7 Å². The second kappa shape index (κ2) is 8.88. The number of aromatic nitrogens is 1. The quantitative estimate of drug-likeness (QED) is 0.284. The molecule has 7 nitrogen and oxygen atoms in total. The average Bonchev–Trinajstić information content (AvgIpc) is 3.35. The van der Waals surface area contributed by atoms with Gasteiger partial charge in [0.2, 0.25) is 0 Å². The van der Waals surface area contributed by atoms with Gasteiger partial charge in [-0.1, -0.05) is 11.6 Å². The van der Waals surface area contributed by atoms with Crippen LogP contribution in [-0.4, -0.2) is 46.4 Å². The number of benzene rings is 1. The normalized spacial score (nSPS) is 14.1. The minimum absolute atomic E-state index is 0.202. The molecule has 1 aliphatic heterocycles. The monoisotopic (exact) mass is 480 g/mol. The van der Waals surface area contributed by atoms with Crippen LogP contribution in [0.1, 0.15) is 30.8 Å². The number of fused-ring (bicyclic) bond motifs is 3. The maximum Gasteiger partial charge on any atom is 0.330 e. The zero-order valence-corrected chi connectivity index (χ0v) is 19.6. The first-order valence-electron chi connectivity index (χ1n) is 10.0. The molecule has 0 fully saturated rings. The lowest BCUT2D eigenvalue weighted by Crippen LogP contribution is -2.32. The fraction of sp³-hybridized carbons (Fsp3) is 0.333. The zero-order chi connectivity index (χ0) is 22.2. The summed E-state index contributed by atoms with van der Waals surface area (Å²) in [7, 11) is -3.16. The second-order valence-corrected chi connectivity index (χ2v) is 9.98. The number of halogens is 1. The van der Waals surface area contributed by atoms with E-state index < -0.39 is 7.60 Å². The summed E-state index contributed by atoms with van der Waals surface area (Å²) in [5, 5.41) is 1.02. The van der Waals surface area contributed by atoms with Crippen LogP contribution in [0.25, 0.3) is 22.4 Å². The zero-order valence-electron chi connectivity index (χ0n) is 17.2. The van der Waals surface area contributed by atoms with Crippen LogP contribution in [0, 0.1) is 0 Å². The maximum absolute atomic E-state index is 12.9. The summed E-state index contributed by atoms with van der Waals surface area (Å²) >= 11 is 11.5. The largest absolute Gasteiger partial charge is 0.454 e. The Morgan fingerprint density at radius 1 is 1.13 bits per heavy atom. The Kier molecular flexibility index (Phi) is 6.37. The summed E-state index contributed by atoms with van der Waals surface area (Å²) in [6, 6.07) is 10.9. The van der Waals surface area contributed by atoms with Crippen molar-refractivity contribution in [3.63, 3.8) is 0 Å². The molecule has 3 heterocycles. The molecule has 0 aliphatic carbocycles. The first-order chi connectivity index (χ1) is 14.9. The van der Waals surface area contributed by atoms with E-state index >= 15 is 0 Å². The van der Waals surface area contributed by atoms with Crippen molar-refractivity contribution in [2.75, 3.05) is 25.9 Å². The van der Waals surface area contributed by atoms with Crippen molar-refractivity contribution in [2.24, 2.45) is 0 Å². The van der Waals surface area contributed by atoms with Crippen LogP contribution in [0.4, 0.5) is 0 Å². The smallest absolute Gasteiger partial charge is 0.330 e. The van der Waals surface area contributed by atoms with Gasteiger partial charge in [-0.15, -0.1) is 0 Å². The average molecular weight is 481 g/mol. The first kappa shape index (κ1) is 22.2. The van der Waals surface area contributed by atoms with Crippen molar-refractivity contribution in [1.82, 2.24) is 9.47 Å². The minimum Gasteiger partial charge on any atom is -0.454 e. The van der Waals surface area contributed by atoms with Crippen LogP contribution in [0.15, 0.2) is 40.8 Å². The summed E-state index contributed by atoms with van der Waals surface area (Å²) in [5.74, 6) is 0.465. The van der Waals surface area contributed by atoms with Gasteiger partial charge in [0.05, 0.1) is 24.9 Å². The Labute approximate surface area is 190 Å². The van der Waals surface area contributed by atoms with Crippen molar-refractivity contribution in [1.29, 1.82) is 0 Å². The molecule has 0 saturated carbocycles. The molecule has 0 bridgehead atoms. The van der Waals surface area contributed by atoms with Crippen molar-refractivity contribution < 1.29 is 22.8 Å². The van der Waals surface area contributed by atoms with Gasteiger partial charge in [-0.2, -0.15) is 0 Å². The van der Waals surface area contributed by atoms with Crippen LogP contribution >= 0.6 is 31.4 Å². The van der Waals surface area contributed by atoms with E-state index in [1.54, 1.807) is 36.6 Å². The number of hydrogen-bond donors (Lipinski definition) is 0. The van der Waals surface area contributed by atoms with Crippen molar-refractivity contribution in [3.8, 4) is 11.3 Å². The van der Waals surface area contributed by atoms with E-state index in [0.717, 1.165) is 11.1 Å². The predicted octanol–water partition coefficient (Wildman–Crippen LogP) is 5.80. The number of rotatable bonds is 9. The number of amides is 1. The molecule has 0 radical (unpaired) electrons. The molecule has 3 aromatic rings. The van der Waals surface area contributed by atoms with Crippen LogP contribution in [-0.2, 0) is 13.6 Å². The number of carbonyl (C=O) groups excluding carboxylic acids is 1. The molecule has 0 atom stereocenters. The highest BCUT2D eigenvalue weighted by molar-refractivity contribution is 7.80. The lowest BCUT2D eigenvalue weighted by atomic mass is 10.2. The Morgan fingerprint density at radius 2 is 1.81 bits per heavy atom. The van der Waals surface area contributed by atoms with Crippen molar-refractivity contribution in [2.45, 2.75) is 20.3 Å². The number of thiocarbonyl (C=S) groups is 1. The van der Waals surface area contributed by atoms with Crippen molar-refractivity contribution >= 4 is 53.5 Å². The lowest BCUT2D eigenvalue weighted by molar-refractivity contribution is 0.0860. The maximum atomic E-state index is 12.9. The molecular weight excluding hydrogens is 459 g/mol. The summed E-state index contributed by atoms with van der Waals surface area (Å²) < 4.78 is 30.9. The van der Waals surface area contributed by atoms with E-state index in [4.69, 9.17) is 37.3 Å². The molecule has 0 unspecified atom stereocenters. The van der Waals surface area contributed by atoms with Gasteiger partial charge in [-0.25, -0.2) is 0 Å². The van der Waals surface area contributed by atoms with E-state index in [9.17, 15) is 9.36 Å². The fourth-order valence-corrected chi connectivity index (χ4v) is 5.78. The van der Waals surface area contributed by atoms with E-state index in [2.05, 4.69) is 0 Å². The number of hydrogen-bond acceptors (Lipinski definition) is 6. The van der Waals surface area contributed by atoms with Crippen LogP contribution in [0.2, 0.25) is 5.02 Å². The number of carbonyl (C=O) groups is 1. The van der Waals surface area contributed by atoms with E-state index in [1.165, 1.54) is 4.90 Å². The molecule has 1 aromatic carbocycles. The molecular formula is C21H22ClN2O5PS. The van der Waals surface area contributed by atoms with Gasteiger partial charge in [-0.05, 0) is 56.8 Å². The third-order valence-electron chi connectivity index (χ3n) is 4.97. The minimum atomic E-state index is -3.16. The van der Waals surface area contributed by atoms with E-state index in [0.29, 0.717) is 53.4 Å². The molecule has 0 N–H and O–H groups in total. The predicted molar refractivity (Wildman–Crippen MR) is 124 cm³/mol. The Balaban J connectivity index is 1.52. The lowest BCUT2D eigenvalue weighted by Gasteiger charge is -2.19. The molecule has 10 heteroatoms. The summed E-state index contributed by atoms with van der Waals surface area (Å²) in [5.41, 5.74) is 2.66. The van der Waals surface area contributed by atoms with Gasteiger partial charge < -0.3 is 13.5 Å². The van der Waals surface area contributed by atoms with Crippen LogP contribution in [0.3, 0.4) is 0 Å². The highest BCUT2D eigenvalue weighted by Crippen LogP contribution is 2.48. The molecule has 2 aromatic heterocycles. The van der Waals surface area contributed by atoms with Crippen molar-refractivity contribution in [3.05, 3.63) is 47.1 Å². The Bertz CT molecular complexity index is 1180. The topological polar surface area (TPSA) is 73.9 Å². The van der Waals surface area contributed by atoms with Gasteiger partial charge in [0.25, 0.3) is 5.91 Å². The molecule has 4 rings (SSSR count). The SMILES string of the molecule is CCOP(=O)(CCCN1C(=O)c2cc3oc(-c4ccc(Cl)cc4)cc3n2C1=S)OCC. The Hall–Kier alpha value is -1.96. The summed E-state index contributed by atoms with van der Waals surface area (Å²) in [4.78, 5) is 14.4. The molecule has 1 amide bonds. The molecule has 164 valence electrons. The third-order valence-corrected chi connectivity index (χ3v) is 7.79. The first-order valence-corrected chi connectivity index (χ1v) is 12.5. The number of nitrogens with zero attached hydrogens (tertiary/aromatic N) is 2. The fourth-order valence-electron chi connectivity index (χ4n) is 3.64. The highest BCUT2D eigenvalue weighted by Gasteiger charge is 2.36. The second-order valence-electron chi connectivity index (χ2n) is 7.00. The van der Waals surface area contributed by atoms with Gasteiger partial charge in [0.1, 0.15) is 11.5 Å². The van der Waals surface area contributed by atoms with Crippen LogP contribution in [0.5, 0.6) is 0 Å². The summed E-state index contributed by atoms with van der Waals surface area (Å²) in [6.07, 6.45) is 0.663. The molecule has 0 spiro atoms.